The van der Waals surface area contributed by atoms with Crippen LogP contribution in [-0.4, -0.2) is 64.1 Å². The molecule has 2 unspecified atom stereocenters. The number of unbranched alkanes of at least 4 members (excludes halogenated alkanes) is 24. The van der Waals surface area contributed by atoms with Crippen LogP contribution in [0.2, 0.25) is 0 Å². The Bertz CT molecular complexity index is 802. The van der Waals surface area contributed by atoms with Gasteiger partial charge in [-0.25, -0.2) is 0 Å². The van der Waals surface area contributed by atoms with Crippen LogP contribution in [0.25, 0.3) is 0 Å². The molecule has 9 heteroatoms. The van der Waals surface area contributed by atoms with Crippen molar-refractivity contribution >= 4 is 13.8 Å². The minimum Gasteiger partial charge on any atom is -0.756 e. The molecule has 2 atom stereocenters. The highest BCUT2D eigenvalue weighted by Crippen LogP contribution is 2.38. The molecule has 0 saturated heterocycles. The minimum absolute atomic E-state index is 0.0306. The first-order chi connectivity index (χ1) is 23.6. The number of rotatable bonds is 38. The van der Waals surface area contributed by atoms with Crippen LogP contribution in [0.4, 0.5) is 0 Å². The summed E-state index contributed by atoms with van der Waals surface area (Å²) in [4.78, 5) is 24.7. The highest BCUT2D eigenvalue weighted by molar-refractivity contribution is 7.45. The van der Waals surface area contributed by atoms with Crippen molar-refractivity contribution in [3.05, 3.63) is 12.3 Å². The maximum Gasteiger partial charge on any atom is 0.305 e. The van der Waals surface area contributed by atoms with Gasteiger partial charge in [0.2, 0.25) is 0 Å². The second-order valence-electron chi connectivity index (χ2n) is 15.1. The van der Waals surface area contributed by atoms with E-state index in [4.69, 9.17) is 18.5 Å². The average Bonchev–Trinajstić information content (AvgIpc) is 3.05. The third-order valence-corrected chi connectivity index (χ3v) is 9.90. The predicted octanol–water partition coefficient (Wildman–Crippen LogP) is 11.2. The van der Waals surface area contributed by atoms with Crippen molar-refractivity contribution in [2.75, 3.05) is 47.5 Å². The fourth-order valence-corrected chi connectivity index (χ4v) is 6.38. The summed E-state index contributed by atoms with van der Waals surface area (Å²) < 4.78 is 34.3. The Labute approximate surface area is 303 Å². The summed E-state index contributed by atoms with van der Waals surface area (Å²) >= 11 is 0. The predicted molar refractivity (Wildman–Crippen MR) is 203 cm³/mol. The highest BCUT2D eigenvalue weighted by atomic mass is 31.2. The van der Waals surface area contributed by atoms with E-state index in [0.29, 0.717) is 17.4 Å². The molecule has 0 aromatic rings. The van der Waals surface area contributed by atoms with E-state index < -0.39 is 13.9 Å². The molecule has 0 radical (unpaired) electrons. The Morgan fingerprint density at radius 1 is 0.633 bits per heavy atom. The molecule has 0 saturated carbocycles. The van der Waals surface area contributed by atoms with E-state index in [1.165, 1.54) is 135 Å². The molecular weight excluding hydrogens is 637 g/mol. The first kappa shape index (κ1) is 48.1. The van der Waals surface area contributed by atoms with Crippen LogP contribution in [0.15, 0.2) is 12.3 Å². The molecule has 8 nitrogen and oxygen atoms in total. The molecule has 0 aliphatic carbocycles. The summed E-state index contributed by atoms with van der Waals surface area (Å²) in [7, 11) is 1.37. The summed E-state index contributed by atoms with van der Waals surface area (Å²) in [5.74, 6) is -0.290. The highest BCUT2D eigenvalue weighted by Gasteiger charge is 2.19. The van der Waals surface area contributed by atoms with Gasteiger partial charge in [0.05, 0.1) is 34.0 Å². The SMILES string of the molecule is CCCCCCCCCCCCCC/C=C\OC(COC(=O)CCCCCCCCCCCCCCC)COP(=O)([O-])OCC[N+](C)(C)C. The third-order valence-electron chi connectivity index (χ3n) is 8.94. The Hall–Kier alpha value is -0.920. The number of hydrogen-bond donors (Lipinski definition) is 0. The molecule has 0 N–H and O–H groups in total. The number of phosphoric acid groups is 1. The van der Waals surface area contributed by atoms with E-state index in [-0.39, 0.29) is 25.8 Å². The van der Waals surface area contributed by atoms with Crippen molar-refractivity contribution in [1.82, 2.24) is 0 Å². The number of phosphoric ester groups is 1. The molecular formula is C40H80NO7P. The van der Waals surface area contributed by atoms with Crippen LogP contribution in [0, 0.1) is 0 Å². The van der Waals surface area contributed by atoms with Gasteiger partial charge in [-0.1, -0.05) is 162 Å². The van der Waals surface area contributed by atoms with E-state index in [9.17, 15) is 14.3 Å². The zero-order valence-electron chi connectivity index (χ0n) is 32.9. The van der Waals surface area contributed by atoms with Crippen LogP contribution in [0.1, 0.15) is 187 Å². The smallest absolute Gasteiger partial charge is 0.305 e. The number of esters is 1. The molecule has 0 aromatic heterocycles. The van der Waals surface area contributed by atoms with Gasteiger partial charge in [0.15, 0.2) is 6.10 Å². The zero-order chi connectivity index (χ0) is 36.3. The normalized spacial score (nSPS) is 13.9. The van der Waals surface area contributed by atoms with E-state index in [2.05, 4.69) is 13.8 Å². The molecule has 0 spiro atoms. The Balaban J connectivity index is 4.30. The maximum absolute atomic E-state index is 12.4. The van der Waals surface area contributed by atoms with Crippen molar-refractivity contribution in [2.24, 2.45) is 0 Å². The average molecular weight is 718 g/mol. The number of hydrogen-bond acceptors (Lipinski definition) is 7. The molecule has 0 fully saturated rings. The van der Waals surface area contributed by atoms with E-state index in [1.807, 2.05) is 27.2 Å². The lowest BCUT2D eigenvalue weighted by Crippen LogP contribution is -2.37. The molecule has 0 bridgehead atoms. The van der Waals surface area contributed by atoms with Crippen molar-refractivity contribution < 1.29 is 37.3 Å². The lowest BCUT2D eigenvalue weighted by molar-refractivity contribution is -0.870. The van der Waals surface area contributed by atoms with Gasteiger partial charge >= 0.3 is 5.97 Å². The summed E-state index contributed by atoms with van der Waals surface area (Å²) in [6, 6.07) is 0. The van der Waals surface area contributed by atoms with E-state index in [0.717, 1.165) is 32.1 Å². The Kier molecular flexibility index (Phi) is 33.5. The van der Waals surface area contributed by atoms with Gasteiger partial charge in [-0.15, -0.1) is 0 Å². The lowest BCUT2D eigenvalue weighted by atomic mass is 10.0. The van der Waals surface area contributed by atoms with Crippen molar-refractivity contribution in [1.29, 1.82) is 0 Å². The maximum atomic E-state index is 12.4. The quantitative estimate of drug-likeness (QED) is 0.0206. The second kappa shape index (κ2) is 34.2. The number of allylic oxidation sites excluding steroid dienone is 1. The standard InChI is InChI=1S/C40H80NO7P/c1-6-8-10-12-14-16-18-20-22-24-26-28-30-32-35-45-39(38-48-49(43,44)47-36-34-41(3,4)5)37-46-40(42)33-31-29-27-25-23-21-19-17-15-13-11-9-7-2/h32,35,39H,6-31,33-34,36-38H2,1-5H3/b35-32-. The van der Waals surface area contributed by atoms with Gasteiger partial charge in [0.25, 0.3) is 7.82 Å². The van der Waals surface area contributed by atoms with E-state index in [1.54, 1.807) is 6.26 Å². The molecule has 0 rings (SSSR count). The first-order valence-corrected chi connectivity index (χ1v) is 21.9. The summed E-state index contributed by atoms with van der Waals surface area (Å²) in [6.45, 7) is 4.72. The van der Waals surface area contributed by atoms with Crippen LogP contribution in [-0.2, 0) is 27.9 Å². The van der Waals surface area contributed by atoms with Gasteiger partial charge in [0, 0.05) is 6.42 Å². The third kappa shape index (κ3) is 38.1. The molecule has 0 amide bonds. The van der Waals surface area contributed by atoms with Crippen molar-refractivity contribution in [3.63, 3.8) is 0 Å². The number of ether oxygens (including phenoxy) is 2. The van der Waals surface area contributed by atoms with Gasteiger partial charge < -0.3 is 27.9 Å². The number of carbonyl (C=O) groups is 1. The molecule has 0 aliphatic heterocycles. The monoisotopic (exact) mass is 718 g/mol. The fourth-order valence-electron chi connectivity index (χ4n) is 5.65. The Morgan fingerprint density at radius 3 is 1.51 bits per heavy atom. The summed E-state index contributed by atoms with van der Waals surface area (Å²) in [6.07, 6.45) is 36.0. The van der Waals surface area contributed by atoms with Crippen molar-refractivity contribution in [3.8, 4) is 0 Å². The number of nitrogens with zero attached hydrogens (tertiary/aromatic N) is 1. The first-order valence-electron chi connectivity index (χ1n) is 20.5. The molecule has 0 aliphatic rings. The van der Waals surface area contributed by atoms with Crippen LogP contribution in [0.5, 0.6) is 0 Å². The van der Waals surface area contributed by atoms with Gasteiger partial charge in [-0.2, -0.15) is 0 Å². The van der Waals surface area contributed by atoms with Gasteiger partial charge in [-0.3, -0.25) is 9.36 Å². The zero-order valence-corrected chi connectivity index (χ0v) is 33.8. The summed E-state index contributed by atoms with van der Waals surface area (Å²) in [5, 5.41) is 0. The molecule has 0 aromatic carbocycles. The Morgan fingerprint density at radius 2 is 1.06 bits per heavy atom. The topological polar surface area (TPSA) is 94.1 Å². The number of quaternary nitrogens is 1. The van der Waals surface area contributed by atoms with E-state index >= 15 is 0 Å². The van der Waals surface area contributed by atoms with Crippen LogP contribution in [0.3, 0.4) is 0 Å². The number of carbonyl (C=O) groups excluding carboxylic acids is 1. The molecule has 292 valence electrons. The molecule has 49 heavy (non-hydrogen) atoms. The molecule has 0 heterocycles. The van der Waals surface area contributed by atoms with Gasteiger partial charge in [-0.05, 0) is 25.3 Å². The minimum atomic E-state index is -4.50. The van der Waals surface area contributed by atoms with Crippen LogP contribution < -0.4 is 4.89 Å². The second-order valence-corrected chi connectivity index (χ2v) is 16.5. The van der Waals surface area contributed by atoms with Crippen molar-refractivity contribution in [2.45, 2.75) is 193 Å². The largest absolute Gasteiger partial charge is 0.756 e. The van der Waals surface area contributed by atoms with Crippen LogP contribution >= 0.6 is 7.82 Å². The fraction of sp³-hybridized carbons (Fsp3) is 0.925. The van der Waals surface area contributed by atoms with Gasteiger partial charge in [0.1, 0.15) is 19.8 Å². The number of likely N-dealkylation sites (N-methyl/N-ethyl adjacent to an activating group) is 1. The summed E-state index contributed by atoms with van der Waals surface area (Å²) in [5.41, 5.74) is 0. The lowest BCUT2D eigenvalue weighted by Gasteiger charge is -2.28.